The zero-order valence-electron chi connectivity index (χ0n) is 22.5. The van der Waals surface area contributed by atoms with E-state index < -0.39 is 12.0 Å². The lowest BCUT2D eigenvalue weighted by atomic mass is 9.43. The molecular formula is C29H49NO5. The van der Waals surface area contributed by atoms with Crippen LogP contribution in [-0.2, 0) is 9.59 Å². The van der Waals surface area contributed by atoms with Gasteiger partial charge in [-0.15, -0.1) is 0 Å². The summed E-state index contributed by atoms with van der Waals surface area (Å²) in [7, 11) is 0. The molecule has 0 aromatic carbocycles. The predicted molar refractivity (Wildman–Crippen MR) is 135 cm³/mol. The summed E-state index contributed by atoms with van der Waals surface area (Å²) in [5, 5.41) is 34.0. The van der Waals surface area contributed by atoms with E-state index in [1.165, 1.54) is 12.8 Å². The Hall–Kier alpha value is -1.14. The van der Waals surface area contributed by atoms with E-state index in [-0.39, 0.29) is 34.9 Å². The van der Waals surface area contributed by atoms with Gasteiger partial charge in [-0.2, -0.15) is 0 Å². The molecule has 0 bridgehead atoms. The topological polar surface area (TPSA) is 107 Å². The number of aliphatic hydroxyl groups is 2. The van der Waals surface area contributed by atoms with E-state index >= 15 is 0 Å². The smallest absolute Gasteiger partial charge is 0.326 e. The highest BCUT2D eigenvalue weighted by atomic mass is 16.4. The van der Waals surface area contributed by atoms with Crippen molar-refractivity contribution in [3.63, 3.8) is 0 Å². The van der Waals surface area contributed by atoms with E-state index in [1.54, 1.807) is 0 Å². The van der Waals surface area contributed by atoms with Crippen LogP contribution < -0.4 is 5.32 Å². The van der Waals surface area contributed by atoms with Crippen molar-refractivity contribution in [2.75, 3.05) is 0 Å². The van der Waals surface area contributed by atoms with E-state index in [9.17, 15) is 24.9 Å². The van der Waals surface area contributed by atoms with Crippen molar-refractivity contribution in [3.05, 3.63) is 0 Å². The Morgan fingerprint density at radius 1 is 0.971 bits per heavy atom. The summed E-state index contributed by atoms with van der Waals surface area (Å²) in [5.74, 6) is 1.68. The van der Waals surface area contributed by atoms with E-state index in [4.69, 9.17) is 0 Å². The van der Waals surface area contributed by atoms with Crippen LogP contribution in [0.15, 0.2) is 0 Å². The fourth-order valence-electron chi connectivity index (χ4n) is 9.48. The van der Waals surface area contributed by atoms with Crippen LogP contribution in [0.4, 0.5) is 0 Å². The number of carbonyl (C=O) groups excluding carboxylic acids is 1. The highest BCUT2D eigenvalue weighted by Crippen LogP contribution is 2.68. The SMILES string of the molecule is CC(C)[C@H](NC(=O)CC[C@@H](C)[C@H]1CC[C@H]2[C@@H]3CC[C@@H]4C[C@H](O)CC[C@]4(C)[C@H]3C[C@H](O)[C@]12C)C(=O)O. The Labute approximate surface area is 211 Å². The number of carboxylic acids is 1. The molecular weight excluding hydrogens is 442 g/mol. The molecule has 35 heavy (non-hydrogen) atoms. The first-order valence-electron chi connectivity index (χ1n) is 14.3. The van der Waals surface area contributed by atoms with Gasteiger partial charge in [0.1, 0.15) is 6.04 Å². The third kappa shape index (κ3) is 4.67. The maximum absolute atomic E-state index is 12.5. The Balaban J connectivity index is 1.42. The second-order valence-corrected chi connectivity index (χ2v) is 13.5. The fourth-order valence-corrected chi connectivity index (χ4v) is 9.48. The second-order valence-electron chi connectivity index (χ2n) is 13.5. The zero-order valence-corrected chi connectivity index (χ0v) is 22.5. The van der Waals surface area contributed by atoms with Gasteiger partial charge >= 0.3 is 5.97 Å². The number of rotatable bonds is 7. The van der Waals surface area contributed by atoms with Crippen molar-refractivity contribution in [2.24, 2.45) is 52.3 Å². The number of hydrogen-bond acceptors (Lipinski definition) is 4. The molecule has 6 heteroatoms. The lowest BCUT2D eigenvalue weighted by molar-refractivity contribution is -0.175. The van der Waals surface area contributed by atoms with Gasteiger partial charge in [-0.25, -0.2) is 4.79 Å². The molecule has 0 heterocycles. The molecule has 4 N–H and O–H groups in total. The van der Waals surface area contributed by atoms with Gasteiger partial charge < -0.3 is 20.6 Å². The summed E-state index contributed by atoms with van der Waals surface area (Å²) in [6, 6.07) is -0.847. The first-order chi connectivity index (χ1) is 16.4. The highest BCUT2D eigenvalue weighted by molar-refractivity contribution is 5.83. The van der Waals surface area contributed by atoms with Crippen LogP contribution in [-0.4, -0.2) is 45.4 Å². The van der Waals surface area contributed by atoms with Crippen LogP contribution in [0.2, 0.25) is 0 Å². The van der Waals surface area contributed by atoms with Crippen LogP contribution in [0.5, 0.6) is 0 Å². The molecule has 4 fully saturated rings. The molecule has 200 valence electrons. The van der Waals surface area contributed by atoms with Crippen LogP contribution in [0.1, 0.15) is 98.8 Å². The first kappa shape index (κ1) is 26.9. The van der Waals surface area contributed by atoms with Crippen LogP contribution in [0.25, 0.3) is 0 Å². The minimum atomic E-state index is -0.983. The van der Waals surface area contributed by atoms with Crippen molar-refractivity contribution in [1.29, 1.82) is 0 Å². The lowest BCUT2D eigenvalue weighted by Gasteiger charge is -2.62. The van der Waals surface area contributed by atoms with E-state index in [1.807, 2.05) is 13.8 Å². The summed E-state index contributed by atoms with van der Waals surface area (Å²) in [6.07, 6.45) is 9.06. The van der Waals surface area contributed by atoms with Crippen LogP contribution >= 0.6 is 0 Å². The molecule has 0 aromatic heterocycles. The van der Waals surface area contributed by atoms with Gasteiger partial charge in [0.15, 0.2) is 0 Å². The summed E-state index contributed by atoms with van der Waals surface area (Å²) in [6.45, 7) is 10.6. The van der Waals surface area contributed by atoms with Gasteiger partial charge in [0, 0.05) is 6.42 Å². The molecule has 6 nitrogen and oxygen atoms in total. The molecule has 0 saturated heterocycles. The van der Waals surface area contributed by atoms with Gasteiger partial charge in [0.2, 0.25) is 5.91 Å². The molecule has 0 aromatic rings. The van der Waals surface area contributed by atoms with Crippen molar-refractivity contribution in [2.45, 2.75) is 117 Å². The van der Waals surface area contributed by atoms with Crippen molar-refractivity contribution >= 4 is 11.9 Å². The largest absolute Gasteiger partial charge is 0.480 e. The van der Waals surface area contributed by atoms with Crippen molar-refractivity contribution in [1.82, 2.24) is 5.32 Å². The summed E-state index contributed by atoms with van der Waals surface area (Å²) < 4.78 is 0. The number of aliphatic carboxylic acids is 1. The Morgan fingerprint density at radius 3 is 2.34 bits per heavy atom. The quantitative estimate of drug-likeness (QED) is 0.416. The minimum Gasteiger partial charge on any atom is -0.480 e. The number of hydrogen-bond donors (Lipinski definition) is 4. The van der Waals surface area contributed by atoms with Crippen molar-refractivity contribution < 1.29 is 24.9 Å². The van der Waals surface area contributed by atoms with Crippen LogP contribution in [0.3, 0.4) is 0 Å². The maximum Gasteiger partial charge on any atom is 0.326 e. The summed E-state index contributed by atoms with van der Waals surface area (Å²) in [5.41, 5.74) is 0.124. The predicted octanol–water partition coefficient (Wildman–Crippen LogP) is 4.62. The van der Waals surface area contributed by atoms with Gasteiger partial charge in [-0.05, 0) is 110 Å². The molecule has 11 atom stereocenters. The first-order valence-corrected chi connectivity index (χ1v) is 14.3. The Bertz CT molecular complexity index is 800. The fraction of sp³-hybridized carbons (Fsp3) is 0.931. The minimum absolute atomic E-state index is 0.115. The normalized spacial score (nSPS) is 44.6. The van der Waals surface area contributed by atoms with Crippen molar-refractivity contribution in [3.8, 4) is 0 Å². The standard InChI is InChI=1S/C29H49NO5/c1-16(2)26(27(34)35)30-25(33)11-6-17(3)21-9-10-22-20-8-7-18-14-19(31)12-13-28(18,4)23(20)15-24(32)29(21,22)5/h16-24,26,31-32H,6-15H2,1-5H3,(H,30,33)(H,34,35)/t17-,18-,19-,20+,21-,22+,23+,24+,26+,28+,29-/m1/s1. The molecule has 0 radical (unpaired) electrons. The average Bonchev–Trinajstić information content (AvgIpc) is 3.15. The van der Waals surface area contributed by atoms with E-state index in [0.29, 0.717) is 41.9 Å². The third-order valence-corrected chi connectivity index (χ3v) is 11.6. The average molecular weight is 492 g/mol. The molecule has 4 saturated carbocycles. The van der Waals surface area contributed by atoms with Crippen LogP contribution in [0, 0.1) is 52.3 Å². The summed E-state index contributed by atoms with van der Waals surface area (Å²) in [4.78, 5) is 24.0. The Morgan fingerprint density at radius 2 is 1.69 bits per heavy atom. The molecule has 1 amide bonds. The van der Waals surface area contributed by atoms with Gasteiger partial charge in [-0.1, -0.05) is 34.6 Å². The molecule has 4 aliphatic carbocycles. The molecule has 0 aliphatic heterocycles. The number of carbonyl (C=O) groups is 2. The number of nitrogens with one attached hydrogen (secondary N) is 1. The number of fused-ring (bicyclic) bond motifs is 5. The second kappa shape index (κ2) is 9.96. The summed E-state index contributed by atoms with van der Waals surface area (Å²) >= 11 is 0. The number of aliphatic hydroxyl groups excluding tert-OH is 2. The van der Waals surface area contributed by atoms with E-state index in [0.717, 1.165) is 44.9 Å². The monoisotopic (exact) mass is 491 g/mol. The van der Waals surface area contributed by atoms with E-state index in [2.05, 4.69) is 26.1 Å². The van der Waals surface area contributed by atoms with Gasteiger partial charge in [-0.3, -0.25) is 4.79 Å². The molecule has 4 aliphatic rings. The molecule has 0 unspecified atom stereocenters. The van der Waals surface area contributed by atoms with Gasteiger partial charge in [0.05, 0.1) is 12.2 Å². The lowest BCUT2D eigenvalue weighted by Crippen LogP contribution is -2.58. The Kier molecular flexibility index (Phi) is 7.66. The maximum atomic E-state index is 12.5. The number of carboxylic acid groups (broad SMARTS) is 1. The number of amides is 1. The zero-order chi connectivity index (χ0) is 25.7. The third-order valence-electron chi connectivity index (χ3n) is 11.6. The van der Waals surface area contributed by atoms with Gasteiger partial charge in [0.25, 0.3) is 0 Å². The molecule has 0 spiro atoms. The highest BCUT2D eigenvalue weighted by Gasteiger charge is 2.63. The molecule has 4 rings (SSSR count).